The maximum atomic E-state index is 14.3. The molecule has 0 bridgehead atoms. The maximum absolute atomic E-state index is 14.3. The van der Waals surface area contributed by atoms with Gasteiger partial charge in [-0.05, 0) is 76.1 Å². The van der Waals surface area contributed by atoms with Gasteiger partial charge in [0.1, 0.15) is 17.7 Å². The van der Waals surface area contributed by atoms with Crippen molar-refractivity contribution in [3.8, 4) is 0 Å². The standard InChI is InChI=1S/C30H40ClN3O4/c1-8-18(2)25(33-29(37)38-30(5,6)7)28(36)34(21-16-17-21)26(22-14-10-9-12-19(22)3)27(35)32-24-20(4)13-11-15-23(24)31/h9-15,18,21,25-26H,8,16-17H2,1-7H3,(H,32,35)(H,33,37). The second kappa shape index (κ2) is 12.2. The molecule has 3 rings (SSSR count). The van der Waals surface area contributed by atoms with Crippen molar-refractivity contribution < 1.29 is 19.1 Å². The minimum atomic E-state index is -0.904. The summed E-state index contributed by atoms with van der Waals surface area (Å²) in [5, 5.41) is 6.24. The SMILES string of the molecule is CCC(C)C(NC(=O)OC(C)(C)C)C(=O)N(C1CC1)C(C(=O)Nc1c(C)cccc1Cl)c1ccccc1C. The van der Waals surface area contributed by atoms with E-state index in [-0.39, 0.29) is 23.8 Å². The van der Waals surface area contributed by atoms with Crippen LogP contribution in [0.3, 0.4) is 0 Å². The van der Waals surface area contributed by atoms with Crippen LogP contribution in [0.1, 0.15) is 76.6 Å². The lowest BCUT2D eigenvalue weighted by Crippen LogP contribution is -2.55. The van der Waals surface area contributed by atoms with Crippen molar-refractivity contribution in [1.82, 2.24) is 10.2 Å². The highest BCUT2D eigenvalue weighted by molar-refractivity contribution is 6.34. The van der Waals surface area contributed by atoms with Gasteiger partial charge in [-0.25, -0.2) is 4.79 Å². The summed E-state index contributed by atoms with van der Waals surface area (Å²) in [5.74, 6) is -0.828. The first kappa shape index (κ1) is 29.5. The minimum Gasteiger partial charge on any atom is -0.444 e. The summed E-state index contributed by atoms with van der Waals surface area (Å²) < 4.78 is 5.47. The van der Waals surface area contributed by atoms with Gasteiger partial charge < -0.3 is 20.3 Å². The molecule has 2 aromatic rings. The molecule has 3 atom stereocenters. The molecular weight excluding hydrogens is 502 g/mol. The zero-order chi connectivity index (χ0) is 28.2. The zero-order valence-corrected chi connectivity index (χ0v) is 24.2. The predicted octanol–water partition coefficient (Wildman–Crippen LogP) is 6.57. The number of carbonyl (C=O) groups excluding carboxylic acids is 3. The number of nitrogens with one attached hydrogen (secondary N) is 2. The van der Waals surface area contributed by atoms with E-state index in [9.17, 15) is 14.4 Å². The minimum absolute atomic E-state index is 0.114. The van der Waals surface area contributed by atoms with E-state index in [0.29, 0.717) is 17.1 Å². The van der Waals surface area contributed by atoms with E-state index in [1.807, 2.05) is 64.1 Å². The number of benzene rings is 2. The molecule has 0 aliphatic heterocycles. The molecule has 1 saturated carbocycles. The lowest BCUT2D eigenvalue weighted by molar-refractivity contribution is -0.142. The highest BCUT2D eigenvalue weighted by Crippen LogP contribution is 2.38. The van der Waals surface area contributed by atoms with Crippen LogP contribution in [0.4, 0.5) is 10.5 Å². The average Bonchev–Trinajstić information content (AvgIpc) is 3.67. The van der Waals surface area contributed by atoms with Crippen LogP contribution in [-0.4, -0.2) is 40.5 Å². The molecule has 0 heterocycles. The number of alkyl carbamates (subject to hydrolysis) is 1. The number of amides is 3. The Hall–Kier alpha value is -3.06. The van der Waals surface area contributed by atoms with Gasteiger partial charge in [0.15, 0.2) is 0 Å². The van der Waals surface area contributed by atoms with Crippen LogP contribution in [0.25, 0.3) is 0 Å². The second-order valence-electron chi connectivity index (χ2n) is 11.2. The Morgan fingerprint density at radius 1 is 1.05 bits per heavy atom. The number of aryl methyl sites for hydroxylation is 2. The van der Waals surface area contributed by atoms with Crippen molar-refractivity contribution in [2.75, 3.05) is 5.32 Å². The molecule has 7 nitrogen and oxygen atoms in total. The lowest BCUT2D eigenvalue weighted by Gasteiger charge is -2.36. The van der Waals surface area contributed by atoms with Crippen molar-refractivity contribution in [3.05, 3.63) is 64.2 Å². The van der Waals surface area contributed by atoms with Crippen LogP contribution >= 0.6 is 11.6 Å². The summed E-state index contributed by atoms with van der Waals surface area (Å²) in [6, 6.07) is 11.1. The Morgan fingerprint density at radius 3 is 2.24 bits per heavy atom. The molecule has 1 aliphatic carbocycles. The van der Waals surface area contributed by atoms with E-state index in [0.717, 1.165) is 29.5 Å². The average molecular weight is 542 g/mol. The topological polar surface area (TPSA) is 87.7 Å². The van der Waals surface area contributed by atoms with Gasteiger partial charge in [-0.2, -0.15) is 0 Å². The van der Waals surface area contributed by atoms with E-state index in [1.165, 1.54) is 0 Å². The normalized spacial score (nSPS) is 15.7. The van der Waals surface area contributed by atoms with Gasteiger partial charge >= 0.3 is 6.09 Å². The molecule has 8 heteroatoms. The number of hydrogen-bond donors (Lipinski definition) is 2. The summed E-state index contributed by atoms with van der Waals surface area (Å²) in [4.78, 5) is 42.7. The van der Waals surface area contributed by atoms with Gasteiger partial charge in [0.05, 0.1) is 10.7 Å². The fraction of sp³-hybridized carbons (Fsp3) is 0.500. The van der Waals surface area contributed by atoms with E-state index in [2.05, 4.69) is 10.6 Å². The molecule has 2 aromatic carbocycles. The number of para-hydroxylation sites is 1. The molecular formula is C30H40ClN3O4. The first-order valence-corrected chi connectivity index (χ1v) is 13.6. The molecule has 38 heavy (non-hydrogen) atoms. The van der Waals surface area contributed by atoms with Gasteiger partial charge in [-0.1, -0.05) is 68.3 Å². The smallest absolute Gasteiger partial charge is 0.408 e. The van der Waals surface area contributed by atoms with Crippen molar-refractivity contribution in [3.63, 3.8) is 0 Å². The molecule has 3 amide bonds. The Morgan fingerprint density at radius 2 is 1.68 bits per heavy atom. The molecule has 2 N–H and O–H groups in total. The molecule has 3 unspecified atom stereocenters. The molecule has 0 aromatic heterocycles. The Kier molecular flexibility index (Phi) is 9.47. The second-order valence-corrected chi connectivity index (χ2v) is 11.6. The van der Waals surface area contributed by atoms with Crippen molar-refractivity contribution in [1.29, 1.82) is 0 Å². The van der Waals surface area contributed by atoms with Crippen LogP contribution in [0.15, 0.2) is 42.5 Å². The summed E-state index contributed by atoms with van der Waals surface area (Å²) in [6.45, 7) is 13.0. The molecule has 206 valence electrons. The van der Waals surface area contributed by atoms with Crippen molar-refractivity contribution >= 4 is 35.2 Å². The van der Waals surface area contributed by atoms with Crippen LogP contribution in [-0.2, 0) is 14.3 Å². The van der Waals surface area contributed by atoms with E-state index in [4.69, 9.17) is 16.3 Å². The molecule has 1 aliphatic rings. The lowest BCUT2D eigenvalue weighted by atomic mass is 9.94. The van der Waals surface area contributed by atoms with Crippen LogP contribution in [0.2, 0.25) is 5.02 Å². The molecule has 0 radical (unpaired) electrons. The number of halogens is 1. The van der Waals surface area contributed by atoms with Crippen molar-refractivity contribution in [2.24, 2.45) is 5.92 Å². The van der Waals surface area contributed by atoms with Gasteiger partial charge in [0, 0.05) is 6.04 Å². The van der Waals surface area contributed by atoms with Gasteiger partial charge in [-0.3, -0.25) is 9.59 Å². The van der Waals surface area contributed by atoms with Crippen molar-refractivity contribution in [2.45, 2.75) is 91.5 Å². The van der Waals surface area contributed by atoms with Crippen LogP contribution in [0.5, 0.6) is 0 Å². The fourth-order valence-corrected chi connectivity index (χ4v) is 4.71. The number of rotatable bonds is 9. The number of ether oxygens (including phenoxy) is 1. The first-order chi connectivity index (χ1) is 17.8. The first-order valence-electron chi connectivity index (χ1n) is 13.3. The zero-order valence-electron chi connectivity index (χ0n) is 23.4. The summed E-state index contributed by atoms with van der Waals surface area (Å²) in [6.07, 6.45) is 1.57. The quantitative estimate of drug-likeness (QED) is 0.376. The van der Waals surface area contributed by atoms with Gasteiger partial charge in [0.25, 0.3) is 5.91 Å². The summed E-state index contributed by atoms with van der Waals surface area (Å²) >= 11 is 6.44. The monoisotopic (exact) mass is 541 g/mol. The number of carbonyl (C=O) groups is 3. The Bertz CT molecular complexity index is 1150. The molecule has 0 saturated heterocycles. The largest absolute Gasteiger partial charge is 0.444 e. The Labute approximate surface area is 231 Å². The van der Waals surface area contributed by atoms with Gasteiger partial charge in [0.2, 0.25) is 5.91 Å². The number of nitrogens with zero attached hydrogens (tertiary/aromatic N) is 1. The summed E-state index contributed by atoms with van der Waals surface area (Å²) in [7, 11) is 0. The predicted molar refractivity (Wildman–Crippen MR) is 151 cm³/mol. The van der Waals surface area contributed by atoms with Gasteiger partial charge in [-0.15, -0.1) is 0 Å². The van der Waals surface area contributed by atoms with E-state index in [1.54, 1.807) is 31.7 Å². The maximum Gasteiger partial charge on any atom is 0.408 e. The van der Waals surface area contributed by atoms with E-state index < -0.39 is 23.8 Å². The third-order valence-electron chi connectivity index (χ3n) is 6.83. The fourth-order valence-electron chi connectivity index (χ4n) is 4.44. The van der Waals surface area contributed by atoms with Crippen LogP contribution in [0, 0.1) is 19.8 Å². The molecule has 1 fully saturated rings. The Balaban J connectivity index is 2.04. The summed E-state index contributed by atoms with van der Waals surface area (Å²) in [5.41, 5.74) is 2.26. The highest BCUT2D eigenvalue weighted by atomic mass is 35.5. The molecule has 0 spiro atoms. The third kappa shape index (κ3) is 7.28. The number of anilines is 1. The van der Waals surface area contributed by atoms with Crippen LogP contribution < -0.4 is 10.6 Å². The highest BCUT2D eigenvalue weighted by Gasteiger charge is 2.45. The third-order valence-corrected chi connectivity index (χ3v) is 7.14. The number of hydrogen-bond acceptors (Lipinski definition) is 4. The van der Waals surface area contributed by atoms with E-state index >= 15 is 0 Å².